The van der Waals surface area contributed by atoms with Crippen LogP contribution in [0.15, 0.2) is 53.0 Å². The molecule has 1 amide bonds. The molecule has 100 valence electrons. The summed E-state index contributed by atoms with van der Waals surface area (Å²) in [5, 5.41) is 10.8. The molecule has 0 radical (unpaired) electrons. The fraction of sp³-hybridized carbons (Fsp3) is 0.0667. The molecular weight excluding hydrogens is 340 g/mol. The lowest BCUT2D eigenvalue weighted by atomic mass is 10.1. The van der Waals surface area contributed by atoms with Crippen molar-refractivity contribution in [2.45, 2.75) is 5.38 Å². The average Bonchev–Trinajstić information content (AvgIpc) is 2.49. The summed E-state index contributed by atoms with van der Waals surface area (Å²) in [4.78, 5) is 12.1. The second-order valence-corrected chi connectivity index (χ2v) is 5.36. The number of rotatable bonds is 3. The Hall–Kier alpha value is -1.83. The first kappa shape index (κ1) is 14.6. The topological polar surface area (TPSA) is 52.9 Å². The molecule has 2 rings (SSSR count). The van der Waals surface area contributed by atoms with Gasteiger partial charge >= 0.3 is 0 Å². The first-order valence-corrected chi connectivity index (χ1v) is 7.04. The van der Waals surface area contributed by atoms with Gasteiger partial charge < -0.3 is 5.32 Å². The zero-order valence-corrected chi connectivity index (χ0v) is 12.6. The van der Waals surface area contributed by atoms with Crippen LogP contribution in [0, 0.1) is 11.3 Å². The van der Waals surface area contributed by atoms with Crippen molar-refractivity contribution >= 4 is 39.1 Å². The number of amides is 1. The first-order chi connectivity index (χ1) is 9.61. The molecule has 0 saturated carbocycles. The van der Waals surface area contributed by atoms with Crippen molar-refractivity contribution < 1.29 is 4.79 Å². The highest BCUT2D eigenvalue weighted by Gasteiger charge is 2.18. The minimum absolute atomic E-state index is 0.316. The van der Waals surface area contributed by atoms with E-state index in [1.165, 1.54) is 0 Å². The molecule has 1 N–H and O–H groups in total. The highest BCUT2D eigenvalue weighted by atomic mass is 79.9. The molecule has 0 heterocycles. The molecule has 1 atom stereocenters. The van der Waals surface area contributed by atoms with Crippen LogP contribution in [0.2, 0.25) is 0 Å². The van der Waals surface area contributed by atoms with Crippen molar-refractivity contribution in [1.29, 1.82) is 5.26 Å². The molecule has 0 aromatic heterocycles. The predicted molar refractivity (Wildman–Crippen MR) is 82.5 cm³/mol. The van der Waals surface area contributed by atoms with Crippen LogP contribution in [0.4, 0.5) is 5.69 Å². The normalized spacial score (nSPS) is 11.4. The molecule has 3 nitrogen and oxygen atoms in total. The molecule has 0 bridgehead atoms. The molecule has 0 aliphatic heterocycles. The van der Waals surface area contributed by atoms with Crippen molar-refractivity contribution in [1.82, 2.24) is 0 Å². The summed E-state index contributed by atoms with van der Waals surface area (Å²) in [6, 6.07) is 16.1. The van der Waals surface area contributed by atoms with Gasteiger partial charge in [-0.3, -0.25) is 4.79 Å². The number of carbonyl (C=O) groups excluding carboxylic acids is 1. The van der Waals surface area contributed by atoms with Gasteiger partial charge in [-0.25, -0.2) is 0 Å². The maximum atomic E-state index is 12.1. The van der Waals surface area contributed by atoms with Gasteiger partial charge in [-0.15, -0.1) is 11.6 Å². The zero-order chi connectivity index (χ0) is 14.5. The summed E-state index contributed by atoms with van der Waals surface area (Å²) in [7, 11) is 0. The summed E-state index contributed by atoms with van der Waals surface area (Å²) < 4.78 is 0.641. The lowest BCUT2D eigenvalue weighted by Crippen LogP contribution is -2.17. The monoisotopic (exact) mass is 348 g/mol. The number of hydrogen-bond acceptors (Lipinski definition) is 2. The summed E-state index contributed by atoms with van der Waals surface area (Å²) >= 11 is 9.45. The third kappa shape index (κ3) is 3.38. The van der Waals surface area contributed by atoms with Gasteiger partial charge in [-0.05, 0) is 39.7 Å². The van der Waals surface area contributed by atoms with Crippen LogP contribution in [0.25, 0.3) is 0 Å². The molecule has 2 aromatic rings. The minimum Gasteiger partial charge on any atom is -0.323 e. The van der Waals surface area contributed by atoms with E-state index in [4.69, 9.17) is 16.9 Å². The number of nitriles is 1. The van der Waals surface area contributed by atoms with Crippen LogP contribution >= 0.6 is 27.5 Å². The molecule has 5 heteroatoms. The number of hydrogen-bond donors (Lipinski definition) is 1. The first-order valence-electron chi connectivity index (χ1n) is 5.81. The van der Waals surface area contributed by atoms with Crippen molar-refractivity contribution in [2.75, 3.05) is 5.32 Å². The van der Waals surface area contributed by atoms with E-state index in [9.17, 15) is 4.79 Å². The number of anilines is 1. The maximum absolute atomic E-state index is 12.1. The van der Waals surface area contributed by atoms with Crippen LogP contribution < -0.4 is 5.32 Å². The fourth-order valence-corrected chi connectivity index (χ4v) is 2.33. The lowest BCUT2D eigenvalue weighted by Gasteiger charge is -2.12. The largest absolute Gasteiger partial charge is 0.323 e. The van der Waals surface area contributed by atoms with Gasteiger partial charge in [-0.1, -0.05) is 30.3 Å². The standard InChI is InChI=1S/C15H10BrClN2O/c16-12-8-10(9-18)6-7-13(12)19-15(20)14(17)11-4-2-1-3-5-11/h1-8,14H,(H,19,20). The van der Waals surface area contributed by atoms with E-state index >= 15 is 0 Å². The Labute approximate surface area is 130 Å². The number of nitrogens with zero attached hydrogens (tertiary/aromatic N) is 1. The lowest BCUT2D eigenvalue weighted by molar-refractivity contribution is -0.116. The van der Waals surface area contributed by atoms with E-state index in [1.54, 1.807) is 30.3 Å². The van der Waals surface area contributed by atoms with E-state index in [1.807, 2.05) is 24.3 Å². The Bertz CT molecular complexity index is 667. The van der Waals surface area contributed by atoms with E-state index < -0.39 is 5.38 Å². The Kier molecular flexibility index (Phi) is 4.78. The molecular formula is C15H10BrClN2O. The third-order valence-corrected chi connectivity index (χ3v) is 3.78. The van der Waals surface area contributed by atoms with Crippen molar-refractivity contribution in [3.63, 3.8) is 0 Å². The van der Waals surface area contributed by atoms with E-state index in [-0.39, 0.29) is 5.91 Å². The van der Waals surface area contributed by atoms with Crippen LogP contribution in [-0.2, 0) is 4.79 Å². The number of nitrogens with one attached hydrogen (secondary N) is 1. The van der Waals surface area contributed by atoms with Crippen LogP contribution in [0.3, 0.4) is 0 Å². The van der Waals surface area contributed by atoms with Gasteiger partial charge in [0.2, 0.25) is 5.91 Å². The second-order valence-electron chi connectivity index (χ2n) is 4.07. The highest BCUT2D eigenvalue weighted by Crippen LogP contribution is 2.27. The molecule has 0 saturated heterocycles. The SMILES string of the molecule is N#Cc1ccc(NC(=O)C(Cl)c2ccccc2)c(Br)c1. The molecule has 2 aromatic carbocycles. The van der Waals surface area contributed by atoms with Gasteiger partial charge in [0.25, 0.3) is 0 Å². The van der Waals surface area contributed by atoms with E-state index in [0.29, 0.717) is 15.7 Å². The fourth-order valence-electron chi connectivity index (χ4n) is 1.66. The van der Waals surface area contributed by atoms with Gasteiger partial charge in [0.1, 0.15) is 5.38 Å². The van der Waals surface area contributed by atoms with Crippen molar-refractivity contribution in [3.05, 3.63) is 64.1 Å². The number of benzene rings is 2. The van der Waals surface area contributed by atoms with Crippen LogP contribution in [-0.4, -0.2) is 5.91 Å². The molecule has 0 aliphatic carbocycles. The summed E-state index contributed by atoms with van der Waals surface area (Å²) in [6.07, 6.45) is 0. The van der Waals surface area contributed by atoms with Crippen molar-refractivity contribution in [3.8, 4) is 6.07 Å². The Morgan fingerprint density at radius 1 is 1.25 bits per heavy atom. The Morgan fingerprint density at radius 2 is 1.95 bits per heavy atom. The minimum atomic E-state index is -0.765. The molecule has 20 heavy (non-hydrogen) atoms. The van der Waals surface area contributed by atoms with Crippen LogP contribution in [0.5, 0.6) is 0 Å². The number of carbonyl (C=O) groups is 1. The smallest absolute Gasteiger partial charge is 0.247 e. The van der Waals surface area contributed by atoms with E-state index in [0.717, 1.165) is 5.56 Å². The Balaban J connectivity index is 2.14. The van der Waals surface area contributed by atoms with E-state index in [2.05, 4.69) is 21.2 Å². The molecule has 0 fully saturated rings. The molecule has 1 unspecified atom stereocenters. The van der Waals surface area contributed by atoms with Gasteiger partial charge in [0.15, 0.2) is 0 Å². The summed E-state index contributed by atoms with van der Waals surface area (Å²) in [5.74, 6) is -0.316. The number of halogens is 2. The zero-order valence-electron chi connectivity index (χ0n) is 10.3. The van der Waals surface area contributed by atoms with Gasteiger partial charge in [-0.2, -0.15) is 5.26 Å². The number of alkyl halides is 1. The Morgan fingerprint density at radius 3 is 2.55 bits per heavy atom. The van der Waals surface area contributed by atoms with Gasteiger partial charge in [0.05, 0.1) is 17.3 Å². The summed E-state index contributed by atoms with van der Waals surface area (Å²) in [5.41, 5.74) is 1.83. The van der Waals surface area contributed by atoms with Gasteiger partial charge in [0, 0.05) is 4.47 Å². The molecule has 0 aliphatic rings. The predicted octanol–water partition coefficient (Wildman–Crippen LogP) is 4.24. The van der Waals surface area contributed by atoms with Crippen molar-refractivity contribution in [2.24, 2.45) is 0 Å². The quantitative estimate of drug-likeness (QED) is 0.843. The molecule has 0 spiro atoms. The highest BCUT2D eigenvalue weighted by molar-refractivity contribution is 9.10. The average molecular weight is 350 g/mol. The maximum Gasteiger partial charge on any atom is 0.247 e. The van der Waals surface area contributed by atoms with Crippen LogP contribution in [0.1, 0.15) is 16.5 Å². The third-order valence-electron chi connectivity index (χ3n) is 2.68. The summed E-state index contributed by atoms with van der Waals surface area (Å²) in [6.45, 7) is 0. The second kappa shape index (κ2) is 6.56.